The summed E-state index contributed by atoms with van der Waals surface area (Å²) in [5.41, 5.74) is 3.19. The Morgan fingerprint density at radius 3 is 2.36 bits per heavy atom. The van der Waals surface area contributed by atoms with Crippen molar-refractivity contribution in [2.75, 3.05) is 0 Å². The topological polar surface area (TPSA) is 114 Å². The molecule has 2 heterocycles. The lowest BCUT2D eigenvalue weighted by Gasteiger charge is -2.25. The number of benzene rings is 2. The number of carbonyl (C=O) groups excluding carboxylic acids is 2. The summed E-state index contributed by atoms with van der Waals surface area (Å²) in [6.45, 7) is 3.78. The first-order chi connectivity index (χ1) is 15.8. The molecule has 1 atom stereocenters. The van der Waals surface area contributed by atoms with Crippen molar-refractivity contribution in [2.45, 2.75) is 26.4 Å². The molecule has 33 heavy (non-hydrogen) atoms. The molecule has 1 aromatic heterocycles. The third kappa shape index (κ3) is 4.10. The molecule has 0 aliphatic carbocycles. The van der Waals surface area contributed by atoms with Gasteiger partial charge in [0.2, 0.25) is 0 Å². The van der Waals surface area contributed by atoms with E-state index in [2.05, 4.69) is 4.98 Å². The molecule has 166 valence electrons. The fourth-order valence-electron chi connectivity index (χ4n) is 3.99. The molecule has 3 aromatic rings. The predicted octanol–water partition coefficient (Wildman–Crippen LogP) is 4.23. The van der Waals surface area contributed by atoms with E-state index in [1.165, 1.54) is 29.2 Å². The van der Waals surface area contributed by atoms with Crippen molar-refractivity contribution >= 4 is 23.1 Å². The van der Waals surface area contributed by atoms with Crippen LogP contribution in [0.15, 0.2) is 72.6 Å². The van der Waals surface area contributed by atoms with Gasteiger partial charge in [0.25, 0.3) is 17.4 Å². The fourth-order valence-corrected chi connectivity index (χ4v) is 3.99. The smallest absolute Gasteiger partial charge is 0.295 e. The average Bonchev–Trinajstić information content (AvgIpc) is 3.06. The van der Waals surface area contributed by atoms with Gasteiger partial charge in [-0.3, -0.25) is 24.7 Å². The number of aliphatic hydroxyl groups excluding tert-OH is 1. The molecule has 1 fully saturated rings. The number of pyridine rings is 1. The zero-order valence-corrected chi connectivity index (χ0v) is 18.1. The number of nitrogens with zero attached hydrogens (tertiary/aromatic N) is 3. The molecule has 0 saturated carbocycles. The molecule has 0 bridgehead atoms. The highest BCUT2D eigenvalue weighted by Crippen LogP contribution is 2.41. The number of carbonyl (C=O) groups is 2. The van der Waals surface area contributed by atoms with Gasteiger partial charge in [-0.15, -0.1) is 0 Å². The second-order valence-corrected chi connectivity index (χ2v) is 7.95. The van der Waals surface area contributed by atoms with Gasteiger partial charge in [-0.05, 0) is 60.9 Å². The van der Waals surface area contributed by atoms with Gasteiger partial charge in [-0.2, -0.15) is 0 Å². The number of aryl methyl sites for hydroxylation is 2. The number of amides is 1. The van der Waals surface area contributed by atoms with E-state index in [1.54, 1.807) is 30.6 Å². The standard InChI is InChI=1S/C25H21N3O5/c1-15-3-4-16(2)20(13-15)23(29)21-22(18-5-7-19(8-6-18)28(32)33)27(25(31)24(21)30)14-17-9-11-26-12-10-17/h3-13,22,29H,14H2,1-2H3/b23-21+. The lowest BCUT2D eigenvalue weighted by molar-refractivity contribution is -0.384. The van der Waals surface area contributed by atoms with Crippen molar-refractivity contribution in [1.82, 2.24) is 9.88 Å². The fraction of sp³-hybridized carbons (Fsp3) is 0.160. The largest absolute Gasteiger partial charge is 0.507 e. The number of rotatable bonds is 5. The molecule has 1 amide bonds. The Morgan fingerprint density at radius 2 is 1.73 bits per heavy atom. The van der Waals surface area contributed by atoms with Gasteiger partial charge in [0.1, 0.15) is 5.76 Å². The van der Waals surface area contributed by atoms with Crippen molar-refractivity contribution < 1.29 is 19.6 Å². The summed E-state index contributed by atoms with van der Waals surface area (Å²) in [6, 6.07) is 13.7. The lowest BCUT2D eigenvalue weighted by atomic mass is 9.93. The first kappa shape index (κ1) is 21.9. The summed E-state index contributed by atoms with van der Waals surface area (Å²) in [4.78, 5) is 42.1. The summed E-state index contributed by atoms with van der Waals surface area (Å²) < 4.78 is 0. The Morgan fingerprint density at radius 1 is 1.06 bits per heavy atom. The van der Waals surface area contributed by atoms with Crippen LogP contribution >= 0.6 is 0 Å². The van der Waals surface area contributed by atoms with Crippen LogP contribution in [0.2, 0.25) is 0 Å². The van der Waals surface area contributed by atoms with Gasteiger partial charge in [-0.1, -0.05) is 17.7 Å². The number of aliphatic hydroxyl groups is 1. The number of aromatic nitrogens is 1. The predicted molar refractivity (Wildman–Crippen MR) is 121 cm³/mol. The number of likely N-dealkylation sites (tertiary alicyclic amines) is 1. The van der Waals surface area contributed by atoms with Gasteiger partial charge in [0.15, 0.2) is 0 Å². The second kappa shape index (κ2) is 8.66. The first-order valence-corrected chi connectivity index (χ1v) is 10.3. The van der Waals surface area contributed by atoms with Crippen LogP contribution in [0.25, 0.3) is 5.76 Å². The van der Waals surface area contributed by atoms with Crippen molar-refractivity contribution in [3.63, 3.8) is 0 Å². The average molecular weight is 443 g/mol. The molecule has 8 nitrogen and oxygen atoms in total. The zero-order chi connectivity index (χ0) is 23.7. The minimum Gasteiger partial charge on any atom is -0.507 e. The van der Waals surface area contributed by atoms with Crippen LogP contribution < -0.4 is 0 Å². The molecule has 0 radical (unpaired) electrons. The Hall–Kier alpha value is -4.33. The van der Waals surface area contributed by atoms with Crippen molar-refractivity contribution in [1.29, 1.82) is 0 Å². The van der Waals surface area contributed by atoms with E-state index in [1.807, 2.05) is 26.0 Å². The highest BCUT2D eigenvalue weighted by molar-refractivity contribution is 6.46. The van der Waals surface area contributed by atoms with Crippen LogP contribution in [0.1, 0.15) is 33.9 Å². The summed E-state index contributed by atoms with van der Waals surface area (Å²) in [6.07, 6.45) is 3.17. The first-order valence-electron chi connectivity index (χ1n) is 10.3. The van der Waals surface area contributed by atoms with Gasteiger partial charge in [0, 0.05) is 36.6 Å². The second-order valence-electron chi connectivity index (χ2n) is 7.95. The normalized spacial score (nSPS) is 17.4. The monoisotopic (exact) mass is 443 g/mol. The molecule has 0 spiro atoms. The number of non-ortho nitro benzene ring substituents is 1. The van der Waals surface area contributed by atoms with E-state index < -0.39 is 22.7 Å². The molecule has 1 aliphatic heterocycles. The summed E-state index contributed by atoms with van der Waals surface area (Å²) in [5, 5.41) is 22.3. The van der Waals surface area contributed by atoms with E-state index in [-0.39, 0.29) is 23.6 Å². The summed E-state index contributed by atoms with van der Waals surface area (Å²) >= 11 is 0. The zero-order valence-electron chi connectivity index (χ0n) is 18.1. The Kier molecular flexibility index (Phi) is 5.74. The van der Waals surface area contributed by atoms with Crippen molar-refractivity contribution in [3.05, 3.63) is 110 Å². The van der Waals surface area contributed by atoms with Crippen LogP contribution in [-0.4, -0.2) is 31.6 Å². The Bertz CT molecular complexity index is 1280. The van der Waals surface area contributed by atoms with E-state index in [4.69, 9.17) is 0 Å². The maximum absolute atomic E-state index is 13.1. The van der Waals surface area contributed by atoms with Crippen molar-refractivity contribution in [2.24, 2.45) is 0 Å². The molecule has 1 aliphatic rings. The molecule has 1 N–H and O–H groups in total. The number of Topliss-reactive ketones (excluding diaryl/α,β-unsaturated/α-hetero) is 1. The van der Waals surface area contributed by atoms with Crippen LogP contribution in [0.3, 0.4) is 0 Å². The minimum atomic E-state index is -0.904. The van der Waals surface area contributed by atoms with Crippen LogP contribution in [0.5, 0.6) is 0 Å². The number of nitro benzene ring substituents is 1. The van der Waals surface area contributed by atoms with E-state index in [9.17, 15) is 24.8 Å². The minimum absolute atomic E-state index is 0.0448. The highest BCUT2D eigenvalue weighted by Gasteiger charge is 2.46. The third-order valence-electron chi connectivity index (χ3n) is 5.71. The van der Waals surface area contributed by atoms with Gasteiger partial charge >= 0.3 is 0 Å². The number of hydrogen-bond donors (Lipinski definition) is 1. The van der Waals surface area contributed by atoms with Gasteiger partial charge < -0.3 is 10.0 Å². The van der Waals surface area contributed by atoms with E-state index in [0.29, 0.717) is 11.1 Å². The van der Waals surface area contributed by atoms with Crippen LogP contribution in [-0.2, 0) is 16.1 Å². The summed E-state index contributed by atoms with van der Waals surface area (Å²) in [5.74, 6) is -1.82. The number of nitro groups is 1. The van der Waals surface area contributed by atoms with E-state index in [0.717, 1.165) is 16.7 Å². The molecular weight excluding hydrogens is 422 g/mol. The lowest BCUT2D eigenvalue weighted by Crippen LogP contribution is -2.29. The molecule has 1 unspecified atom stereocenters. The van der Waals surface area contributed by atoms with Gasteiger partial charge in [-0.25, -0.2) is 0 Å². The maximum atomic E-state index is 13.1. The maximum Gasteiger partial charge on any atom is 0.295 e. The highest BCUT2D eigenvalue weighted by atomic mass is 16.6. The molecule has 1 saturated heterocycles. The third-order valence-corrected chi connectivity index (χ3v) is 5.71. The van der Waals surface area contributed by atoms with Crippen LogP contribution in [0, 0.1) is 24.0 Å². The molecule has 8 heteroatoms. The van der Waals surface area contributed by atoms with E-state index >= 15 is 0 Å². The SMILES string of the molecule is Cc1ccc(C)c(/C(O)=C2\C(=O)C(=O)N(Cc3ccncc3)C2c2ccc([N+](=O)[O-])cc2)c1. The Labute approximate surface area is 190 Å². The van der Waals surface area contributed by atoms with Crippen LogP contribution in [0.4, 0.5) is 5.69 Å². The van der Waals surface area contributed by atoms with Gasteiger partial charge in [0.05, 0.1) is 16.5 Å². The number of hydrogen-bond acceptors (Lipinski definition) is 6. The Balaban J connectivity index is 1.89. The molecule has 2 aromatic carbocycles. The quantitative estimate of drug-likeness (QED) is 0.208. The molecular formula is C25H21N3O5. The number of ketones is 1. The molecule has 4 rings (SSSR count). The summed E-state index contributed by atoms with van der Waals surface area (Å²) in [7, 11) is 0. The van der Waals surface area contributed by atoms with Crippen molar-refractivity contribution in [3.8, 4) is 0 Å².